The molecule has 2 aromatic rings. The van der Waals surface area contributed by atoms with Gasteiger partial charge in [0.15, 0.2) is 0 Å². The molecule has 0 spiro atoms. The summed E-state index contributed by atoms with van der Waals surface area (Å²) in [5.74, 6) is -0.442. The quantitative estimate of drug-likeness (QED) is 0.630. The van der Waals surface area contributed by atoms with Crippen LogP contribution in [0.15, 0.2) is 24.3 Å². The summed E-state index contributed by atoms with van der Waals surface area (Å²) in [6.07, 6.45) is -1.14. The zero-order chi connectivity index (χ0) is 13.1. The number of para-hydroxylation sites is 1. The fraction of sp³-hybridized carbons (Fsp3) is 0.308. The molecule has 1 aromatic carbocycles. The van der Waals surface area contributed by atoms with Gasteiger partial charge in [0.2, 0.25) is 5.91 Å². The van der Waals surface area contributed by atoms with Gasteiger partial charge in [0.25, 0.3) is 0 Å². The first kappa shape index (κ1) is 12.6. The lowest BCUT2D eigenvalue weighted by Crippen LogP contribution is -2.38. The number of benzene rings is 1. The van der Waals surface area contributed by atoms with Crippen LogP contribution in [0.2, 0.25) is 0 Å². The number of aryl methyl sites for hydroxylation is 1. The molecule has 5 nitrogen and oxygen atoms in total. The average Bonchev–Trinajstić information content (AvgIpc) is 2.70. The molecule has 1 atom stereocenters. The Kier molecular flexibility index (Phi) is 3.64. The maximum Gasteiger partial charge on any atom is 0.250 e. The molecule has 1 amide bonds. The van der Waals surface area contributed by atoms with Crippen LogP contribution in [0.3, 0.4) is 0 Å². The minimum absolute atomic E-state index is 0.0707. The molecule has 0 radical (unpaired) electrons. The van der Waals surface area contributed by atoms with Crippen LogP contribution in [0.25, 0.3) is 10.9 Å². The largest absolute Gasteiger partial charge is 0.382 e. The van der Waals surface area contributed by atoms with Crippen molar-refractivity contribution in [2.24, 2.45) is 5.73 Å². The third-order valence-corrected chi connectivity index (χ3v) is 2.99. The number of fused-ring (bicyclic) bond motifs is 1. The Bertz CT molecular complexity index is 562. The molecule has 0 aliphatic heterocycles. The van der Waals surface area contributed by atoms with Gasteiger partial charge in [0.1, 0.15) is 6.10 Å². The molecule has 0 fully saturated rings. The molecule has 1 heterocycles. The SMILES string of the molecule is Cc1[nH]c2ccccc2c1CNC(=O)C(O)CN. The molecule has 5 heteroatoms. The molecular formula is C13H17N3O2. The highest BCUT2D eigenvalue weighted by molar-refractivity contribution is 5.86. The number of hydrogen-bond donors (Lipinski definition) is 4. The molecule has 0 saturated carbocycles. The minimum atomic E-state index is -1.14. The number of amides is 1. The zero-order valence-electron chi connectivity index (χ0n) is 10.2. The van der Waals surface area contributed by atoms with Crippen LogP contribution in [0.4, 0.5) is 0 Å². The van der Waals surface area contributed by atoms with Gasteiger partial charge in [-0.25, -0.2) is 0 Å². The van der Waals surface area contributed by atoms with Crippen LogP contribution in [-0.4, -0.2) is 28.6 Å². The molecule has 1 aromatic heterocycles. The number of carbonyl (C=O) groups excluding carboxylic acids is 1. The van der Waals surface area contributed by atoms with Gasteiger partial charge in [-0.05, 0) is 18.6 Å². The Balaban J connectivity index is 2.17. The number of H-pyrrole nitrogens is 1. The van der Waals surface area contributed by atoms with E-state index in [0.717, 1.165) is 22.2 Å². The van der Waals surface area contributed by atoms with Crippen LogP contribution in [-0.2, 0) is 11.3 Å². The topological polar surface area (TPSA) is 91.1 Å². The fourth-order valence-corrected chi connectivity index (χ4v) is 1.96. The van der Waals surface area contributed by atoms with Gasteiger partial charge in [-0.15, -0.1) is 0 Å². The summed E-state index contributed by atoms with van der Waals surface area (Å²) in [6, 6.07) is 7.90. The van der Waals surface area contributed by atoms with Crippen molar-refractivity contribution in [2.75, 3.05) is 6.54 Å². The highest BCUT2D eigenvalue weighted by atomic mass is 16.3. The van der Waals surface area contributed by atoms with Gasteiger partial charge < -0.3 is 21.1 Å². The molecule has 0 bridgehead atoms. The molecule has 0 aliphatic carbocycles. The second kappa shape index (κ2) is 5.20. The lowest BCUT2D eigenvalue weighted by Gasteiger charge is -2.09. The normalized spacial score (nSPS) is 12.6. The smallest absolute Gasteiger partial charge is 0.250 e. The van der Waals surface area contributed by atoms with E-state index in [2.05, 4.69) is 10.3 Å². The van der Waals surface area contributed by atoms with E-state index in [4.69, 9.17) is 5.73 Å². The maximum atomic E-state index is 11.5. The van der Waals surface area contributed by atoms with Crippen molar-refractivity contribution in [2.45, 2.75) is 19.6 Å². The third-order valence-electron chi connectivity index (χ3n) is 2.99. The van der Waals surface area contributed by atoms with Gasteiger partial charge in [0, 0.05) is 29.7 Å². The number of nitrogens with one attached hydrogen (secondary N) is 2. The summed E-state index contributed by atoms with van der Waals surface area (Å²) in [5, 5.41) is 13.1. The monoisotopic (exact) mass is 247 g/mol. The fourth-order valence-electron chi connectivity index (χ4n) is 1.96. The summed E-state index contributed by atoms with van der Waals surface area (Å²) in [7, 11) is 0. The number of nitrogens with two attached hydrogens (primary N) is 1. The molecular weight excluding hydrogens is 230 g/mol. The number of aromatic nitrogens is 1. The highest BCUT2D eigenvalue weighted by Crippen LogP contribution is 2.21. The first-order chi connectivity index (χ1) is 8.63. The Morgan fingerprint density at radius 3 is 2.94 bits per heavy atom. The predicted molar refractivity (Wildman–Crippen MR) is 69.9 cm³/mol. The number of aliphatic hydroxyl groups excluding tert-OH is 1. The Morgan fingerprint density at radius 2 is 2.22 bits per heavy atom. The van der Waals surface area contributed by atoms with Crippen molar-refractivity contribution in [3.63, 3.8) is 0 Å². The molecule has 1 unspecified atom stereocenters. The predicted octanol–water partition coefficient (Wildman–Crippen LogP) is 0.412. The Labute approximate surface area is 105 Å². The summed E-state index contributed by atoms with van der Waals surface area (Å²) >= 11 is 0. The van der Waals surface area contributed by atoms with E-state index in [0.29, 0.717) is 6.54 Å². The van der Waals surface area contributed by atoms with Gasteiger partial charge in [-0.2, -0.15) is 0 Å². The zero-order valence-corrected chi connectivity index (χ0v) is 10.2. The van der Waals surface area contributed by atoms with Crippen molar-refractivity contribution in [1.82, 2.24) is 10.3 Å². The van der Waals surface area contributed by atoms with Crippen LogP contribution < -0.4 is 11.1 Å². The van der Waals surface area contributed by atoms with E-state index in [-0.39, 0.29) is 6.54 Å². The number of rotatable bonds is 4. The highest BCUT2D eigenvalue weighted by Gasteiger charge is 2.14. The molecule has 0 aliphatic rings. The van der Waals surface area contributed by atoms with E-state index in [1.165, 1.54) is 0 Å². The summed E-state index contributed by atoms with van der Waals surface area (Å²) in [4.78, 5) is 14.7. The van der Waals surface area contributed by atoms with Crippen molar-refractivity contribution in [1.29, 1.82) is 0 Å². The van der Waals surface area contributed by atoms with Gasteiger partial charge in [-0.3, -0.25) is 4.79 Å². The maximum absolute atomic E-state index is 11.5. The molecule has 96 valence electrons. The van der Waals surface area contributed by atoms with E-state index >= 15 is 0 Å². The number of carbonyl (C=O) groups is 1. The molecule has 18 heavy (non-hydrogen) atoms. The number of aliphatic hydroxyl groups is 1. The Morgan fingerprint density at radius 1 is 1.50 bits per heavy atom. The van der Waals surface area contributed by atoms with E-state index in [1.807, 2.05) is 31.2 Å². The number of hydrogen-bond acceptors (Lipinski definition) is 3. The first-order valence-electron chi connectivity index (χ1n) is 5.85. The summed E-state index contributed by atoms with van der Waals surface area (Å²) in [5.41, 5.74) is 8.31. The van der Waals surface area contributed by atoms with Crippen LogP contribution >= 0.6 is 0 Å². The Hall–Kier alpha value is -1.85. The van der Waals surface area contributed by atoms with Crippen molar-refractivity contribution in [3.8, 4) is 0 Å². The van der Waals surface area contributed by atoms with Gasteiger partial charge in [-0.1, -0.05) is 18.2 Å². The second-order valence-electron chi connectivity index (χ2n) is 4.24. The molecule has 5 N–H and O–H groups in total. The van der Waals surface area contributed by atoms with Crippen molar-refractivity contribution >= 4 is 16.8 Å². The van der Waals surface area contributed by atoms with Crippen molar-refractivity contribution in [3.05, 3.63) is 35.5 Å². The van der Waals surface area contributed by atoms with Gasteiger partial charge in [0.05, 0.1) is 0 Å². The minimum Gasteiger partial charge on any atom is -0.382 e. The molecule has 2 rings (SSSR count). The van der Waals surface area contributed by atoms with E-state index in [9.17, 15) is 9.90 Å². The van der Waals surface area contributed by atoms with E-state index < -0.39 is 12.0 Å². The van der Waals surface area contributed by atoms with Crippen molar-refractivity contribution < 1.29 is 9.90 Å². The van der Waals surface area contributed by atoms with Gasteiger partial charge >= 0.3 is 0 Å². The lowest BCUT2D eigenvalue weighted by atomic mass is 10.1. The summed E-state index contributed by atoms with van der Waals surface area (Å²) in [6.45, 7) is 2.27. The first-order valence-corrected chi connectivity index (χ1v) is 5.85. The van der Waals surface area contributed by atoms with Crippen LogP contribution in [0.1, 0.15) is 11.3 Å². The number of aromatic amines is 1. The standard InChI is InChI=1S/C13H17N3O2/c1-8-10(7-15-13(18)12(17)6-14)9-4-2-3-5-11(9)16-8/h2-5,12,16-17H,6-7,14H2,1H3,(H,15,18). The molecule has 0 saturated heterocycles. The summed E-state index contributed by atoms with van der Waals surface area (Å²) < 4.78 is 0. The van der Waals surface area contributed by atoms with Crippen LogP contribution in [0, 0.1) is 6.92 Å². The van der Waals surface area contributed by atoms with Crippen LogP contribution in [0.5, 0.6) is 0 Å². The lowest BCUT2D eigenvalue weighted by molar-refractivity contribution is -0.128. The second-order valence-corrected chi connectivity index (χ2v) is 4.24. The third kappa shape index (κ3) is 2.37. The average molecular weight is 247 g/mol. The van der Waals surface area contributed by atoms with E-state index in [1.54, 1.807) is 0 Å².